The zero-order chi connectivity index (χ0) is 10.3. The van der Waals surface area contributed by atoms with Crippen molar-refractivity contribution in [2.24, 2.45) is 7.05 Å². The number of carbonyl (C=O) groups is 1. The number of aryl methyl sites for hydroxylation is 1. The molecule has 0 atom stereocenters. The summed E-state index contributed by atoms with van der Waals surface area (Å²) in [5, 5.41) is 0. The van der Waals surface area contributed by atoms with E-state index in [0.29, 0.717) is 5.56 Å². The predicted octanol–water partition coefficient (Wildman–Crippen LogP) is 0.798. The second-order valence-corrected chi connectivity index (χ2v) is 5.25. The molecule has 72 valence electrons. The van der Waals surface area contributed by atoms with Crippen molar-refractivity contribution in [3.8, 4) is 0 Å². The second kappa shape index (κ2) is 3.23. The van der Waals surface area contributed by atoms with E-state index in [4.69, 9.17) is 0 Å². The van der Waals surface area contributed by atoms with Crippen LogP contribution in [-0.2, 0) is 7.05 Å². The van der Waals surface area contributed by atoms with Gasteiger partial charge in [-0.15, -0.1) is 0 Å². The van der Waals surface area contributed by atoms with Crippen molar-refractivity contribution in [2.45, 2.75) is 6.92 Å². The fraction of sp³-hybridized carbons (Fsp3) is 0.200. The molecule has 1 aromatic heterocycles. The first-order valence-corrected chi connectivity index (χ1v) is 5.91. The number of aromatic nitrogens is 1. The van der Waals surface area contributed by atoms with Gasteiger partial charge < -0.3 is 0 Å². The van der Waals surface area contributed by atoms with Crippen LogP contribution in [0.4, 0.5) is 0 Å². The molecule has 0 aliphatic rings. The van der Waals surface area contributed by atoms with Gasteiger partial charge in [-0.05, 0) is 0 Å². The Bertz CT molecular complexity index is 565. The normalized spacial score (nSPS) is 10.7. The van der Waals surface area contributed by atoms with Crippen LogP contribution in [0.3, 0.4) is 0 Å². The Morgan fingerprint density at radius 2 is 2.14 bits per heavy atom. The maximum atomic E-state index is 11.4. The van der Waals surface area contributed by atoms with Gasteiger partial charge in [0.05, 0.1) is 0 Å². The van der Waals surface area contributed by atoms with E-state index >= 15 is 0 Å². The fourth-order valence-electron chi connectivity index (χ4n) is 1.35. The van der Waals surface area contributed by atoms with E-state index in [0.717, 1.165) is 9.78 Å². The van der Waals surface area contributed by atoms with Gasteiger partial charge in [-0.2, -0.15) is 0 Å². The molecule has 2 aromatic rings. The molecule has 2 rings (SSSR count). The van der Waals surface area contributed by atoms with Crippen LogP contribution in [0.1, 0.15) is 17.3 Å². The summed E-state index contributed by atoms with van der Waals surface area (Å²) in [5.41, 5.74) is 1.63. The van der Waals surface area contributed by atoms with Gasteiger partial charge >= 0.3 is 86.4 Å². The second-order valence-electron chi connectivity index (χ2n) is 3.17. The molecule has 1 aromatic carbocycles. The number of ketones is 1. The van der Waals surface area contributed by atoms with Gasteiger partial charge in [-0.1, -0.05) is 0 Å². The number of hydrogen-bond acceptors (Lipinski definition) is 2. The van der Waals surface area contributed by atoms with Crippen LogP contribution in [0.5, 0.6) is 0 Å². The molecule has 1 heterocycles. The average molecular weight is 254 g/mol. The Morgan fingerprint density at radius 3 is 2.79 bits per heavy atom. The first-order chi connectivity index (χ1) is 6.59. The molecule has 0 aliphatic heterocycles. The number of Topliss-reactive ketones (excluding diaryl/α,β-unsaturated/α-hetero) is 1. The number of hydrogen-bond donors (Lipinski definition) is 0. The first kappa shape index (κ1) is 9.44. The fourth-order valence-corrected chi connectivity index (χ4v) is 3.28. The minimum absolute atomic E-state index is 0.0469. The van der Waals surface area contributed by atoms with Crippen LogP contribution in [0.15, 0.2) is 23.0 Å². The zero-order valence-corrected chi connectivity index (χ0v) is 9.62. The molecule has 0 saturated heterocycles. The van der Waals surface area contributed by atoms with E-state index in [1.165, 1.54) is 6.92 Å². The zero-order valence-electron chi connectivity index (χ0n) is 7.90. The van der Waals surface area contributed by atoms with Crippen molar-refractivity contribution in [1.82, 2.24) is 4.57 Å². The standard InChI is InChI=1S/C10H9NO2Se/c1-6(12)7-3-4-8-9(5-7)14-10(13)11(8)2/h3-5H,1-2H3. The van der Waals surface area contributed by atoms with E-state index in [2.05, 4.69) is 0 Å². The van der Waals surface area contributed by atoms with Gasteiger partial charge in [0.15, 0.2) is 0 Å². The van der Waals surface area contributed by atoms with Gasteiger partial charge in [-0.25, -0.2) is 0 Å². The number of carbonyl (C=O) groups excluding carboxylic acids is 1. The maximum absolute atomic E-state index is 11.4. The Kier molecular flexibility index (Phi) is 2.17. The number of benzene rings is 1. The molecule has 0 amide bonds. The molecule has 0 radical (unpaired) electrons. The molecule has 3 nitrogen and oxygen atoms in total. The van der Waals surface area contributed by atoms with E-state index in [1.54, 1.807) is 17.7 Å². The SMILES string of the molecule is CC(=O)c1ccc2c(c1)[se]c(=O)n2C. The molecule has 0 bridgehead atoms. The first-order valence-electron chi connectivity index (χ1n) is 4.20. The Hall–Kier alpha value is -1.12. The van der Waals surface area contributed by atoms with Gasteiger partial charge in [-0.3, -0.25) is 0 Å². The Morgan fingerprint density at radius 1 is 1.43 bits per heavy atom. The van der Waals surface area contributed by atoms with Gasteiger partial charge in [0.2, 0.25) is 0 Å². The molecule has 0 aliphatic carbocycles. The molecule has 0 spiro atoms. The van der Waals surface area contributed by atoms with Crippen LogP contribution in [-0.4, -0.2) is 24.9 Å². The third-order valence-corrected chi connectivity index (χ3v) is 4.29. The van der Waals surface area contributed by atoms with Crippen LogP contribution >= 0.6 is 0 Å². The van der Waals surface area contributed by atoms with E-state index in [1.807, 2.05) is 12.1 Å². The molecule has 0 N–H and O–H groups in total. The van der Waals surface area contributed by atoms with E-state index < -0.39 is 0 Å². The molecule has 14 heavy (non-hydrogen) atoms. The summed E-state index contributed by atoms with van der Waals surface area (Å²) in [6.45, 7) is 1.54. The summed E-state index contributed by atoms with van der Waals surface area (Å²) in [6.07, 6.45) is 0. The topological polar surface area (TPSA) is 39.1 Å². The number of rotatable bonds is 1. The summed E-state index contributed by atoms with van der Waals surface area (Å²) in [6, 6.07) is 5.45. The summed E-state index contributed by atoms with van der Waals surface area (Å²) in [7, 11) is 1.77. The summed E-state index contributed by atoms with van der Waals surface area (Å²) < 4.78 is 2.81. The summed E-state index contributed by atoms with van der Waals surface area (Å²) in [4.78, 5) is 22.5. The summed E-state index contributed by atoms with van der Waals surface area (Å²) in [5.74, 6) is 0.0469. The van der Waals surface area contributed by atoms with Crippen molar-refractivity contribution < 1.29 is 4.79 Å². The summed E-state index contributed by atoms with van der Waals surface area (Å²) >= 11 is -0.157. The van der Waals surface area contributed by atoms with Crippen LogP contribution in [0.25, 0.3) is 9.78 Å². The van der Waals surface area contributed by atoms with Crippen LogP contribution < -0.4 is 4.43 Å². The van der Waals surface area contributed by atoms with Gasteiger partial charge in [0.25, 0.3) is 0 Å². The average Bonchev–Trinajstić information content (AvgIpc) is 2.42. The third kappa shape index (κ3) is 1.37. The Balaban J connectivity index is 2.80. The molecule has 0 saturated carbocycles. The van der Waals surface area contributed by atoms with Crippen molar-refractivity contribution >= 4 is 30.1 Å². The number of nitrogens with zero attached hydrogens (tertiary/aromatic N) is 1. The van der Waals surface area contributed by atoms with E-state index in [9.17, 15) is 9.59 Å². The van der Waals surface area contributed by atoms with Gasteiger partial charge in [0.1, 0.15) is 0 Å². The van der Waals surface area contributed by atoms with Crippen LogP contribution in [0.2, 0.25) is 0 Å². The molecule has 0 fully saturated rings. The molecular weight excluding hydrogens is 245 g/mol. The molecule has 4 heteroatoms. The van der Waals surface area contributed by atoms with Crippen molar-refractivity contribution in [3.05, 3.63) is 33.0 Å². The molecular formula is C10H9NO2Se. The monoisotopic (exact) mass is 255 g/mol. The van der Waals surface area contributed by atoms with E-state index in [-0.39, 0.29) is 24.7 Å². The van der Waals surface area contributed by atoms with Crippen molar-refractivity contribution in [3.63, 3.8) is 0 Å². The minimum atomic E-state index is -0.157. The van der Waals surface area contributed by atoms with Crippen molar-refractivity contribution in [2.75, 3.05) is 0 Å². The predicted molar refractivity (Wildman–Crippen MR) is 56.1 cm³/mol. The van der Waals surface area contributed by atoms with Gasteiger partial charge in [0, 0.05) is 0 Å². The Labute approximate surface area is 86.7 Å². The molecule has 0 unspecified atom stereocenters. The number of fused-ring (bicyclic) bond motifs is 1. The van der Waals surface area contributed by atoms with Crippen molar-refractivity contribution in [1.29, 1.82) is 0 Å². The third-order valence-electron chi connectivity index (χ3n) is 2.20. The quantitative estimate of drug-likeness (QED) is 0.557. The van der Waals surface area contributed by atoms with Crippen LogP contribution in [0, 0.1) is 0 Å².